The summed E-state index contributed by atoms with van der Waals surface area (Å²) < 4.78 is 4.84. The molecule has 0 heterocycles. The normalized spacial score (nSPS) is 12.0. The van der Waals surface area contributed by atoms with E-state index in [1.165, 1.54) is 0 Å². The molecule has 0 saturated carbocycles. The maximum atomic E-state index is 8.30. The van der Waals surface area contributed by atoms with Crippen LogP contribution in [0.5, 0.6) is 0 Å². The average Bonchev–Trinajstić information content (AvgIpc) is 1.84. The van der Waals surface area contributed by atoms with Gasteiger partial charge in [0.05, 0.1) is 6.61 Å². The molecule has 0 aliphatic heterocycles. The summed E-state index contributed by atoms with van der Waals surface area (Å²) in [6, 6.07) is 0. The molecule has 0 aliphatic rings. The monoisotopic (exact) mass is 132 g/mol. The minimum Gasteiger partial charge on any atom is -0.371 e. The molecule has 0 unspecified atom stereocenters. The summed E-state index contributed by atoms with van der Waals surface area (Å²) in [5.74, 6) is 0. The van der Waals surface area contributed by atoms with E-state index in [-0.39, 0.29) is 12.2 Å². The van der Waals surface area contributed by atoms with Crippen molar-refractivity contribution in [1.29, 1.82) is 0 Å². The highest BCUT2D eigenvalue weighted by atomic mass is 16.6. The van der Waals surface area contributed by atoms with E-state index in [1.54, 1.807) is 0 Å². The van der Waals surface area contributed by atoms with E-state index in [2.05, 4.69) is 20.8 Å². The Balaban J connectivity index is 3.33. The molecule has 9 heavy (non-hydrogen) atoms. The zero-order valence-electron chi connectivity index (χ0n) is 6.48. The third-order valence-corrected chi connectivity index (χ3v) is 1.54. The lowest BCUT2D eigenvalue weighted by Crippen LogP contribution is -2.18. The van der Waals surface area contributed by atoms with E-state index in [9.17, 15) is 0 Å². The first-order valence-electron chi connectivity index (χ1n) is 3.31. The highest BCUT2D eigenvalue weighted by Crippen LogP contribution is 2.18. The second-order valence-electron chi connectivity index (χ2n) is 3.00. The predicted octanol–water partition coefficient (Wildman–Crippen LogP) is 1.39. The van der Waals surface area contributed by atoms with Crippen molar-refractivity contribution in [2.75, 3.05) is 13.4 Å². The van der Waals surface area contributed by atoms with Crippen LogP contribution in [0.4, 0.5) is 0 Å². The summed E-state index contributed by atoms with van der Waals surface area (Å²) in [5, 5.41) is 8.30. The highest BCUT2D eigenvalue weighted by molar-refractivity contribution is 4.63. The summed E-state index contributed by atoms with van der Waals surface area (Å²) in [6.07, 6.45) is 1.08. The topological polar surface area (TPSA) is 29.5 Å². The lowest BCUT2D eigenvalue weighted by atomic mass is 9.92. The Morgan fingerprint density at radius 1 is 1.44 bits per heavy atom. The fraction of sp³-hybridized carbons (Fsp3) is 1.00. The van der Waals surface area contributed by atoms with Crippen LogP contribution in [0.1, 0.15) is 27.2 Å². The number of ether oxygens (including phenoxy) is 1. The first-order chi connectivity index (χ1) is 4.12. The minimum atomic E-state index is -0.163. The highest BCUT2D eigenvalue weighted by Gasteiger charge is 2.14. The first-order valence-corrected chi connectivity index (χ1v) is 3.31. The number of aliphatic hydroxyl groups is 1. The summed E-state index contributed by atoms with van der Waals surface area (Å²) >= 11 is 0. The van der Waals surface area contributed by atoms with Crippen LogP contribution in [0.25, 0.3) is 0 Å². The van der Waals surface area contributed by atoms with Crippen molar-refractivity contribution in [1.82, 2.24) is 0 Å². The Hall–Kier alpha value is -0.0800. The van der Waals surface area contributed by atoms with Crippen molar-refractivity contribution < 1.29 is 9.84 Å². The lowest BCUT2D eigenvalue weighted by Gasteiger charge is -2.20. The van der Waals surface area contributed by atoms with Gasteiger partial charge < -0.3 is 9.84 Å². The Bertz CT molecular complexity index is 69.3. The van der Waals surface area contributed by atoms with Crippen LogP contribution in [0.15, 0.2) is 0 Å². The number of hydrogen-bond donors (Lipinski definition) is 1. The maximum absolute atomic E-state index is 8.30. The molecule has 0 aliphatic carbocycles. The van der Waals surface area contributed by atoms with Crippen LogP contribution >= 0.6 is 0 Å². The van der Waals surface area contributed by atoms with Crippen LogP contribution in [0.3, 0.4) is 0 Å². The molecular weight excluding hydrogens is 116 g/mol. The minimum absolute atomic E-state index is 0.163. The fourth-order valence-electron chi connectivity index (χ4n) is 0.424. The van der Waals surface area contributed by atoms with Gasteiger partial charge in [-0.1, -0.05) is 20.8 Å². The molecule has 0 fully saturated rings. The van der Waals surface area contributed by atoms with Gasteiger partial charge in [-0.05, 0) is 11.8 Å². The number of aliphatic hydroxyl groups excluding tert-OH is 1. The first kappa shape index (κ1) is 8.92. The zero-order valence-corrected chi connectivity index (χ0v) is 6.48. The molecule has 0 saturated heterocycles. The van der Waals surface area contributed by atoms with E-state index < -0.39 is 0 Å². The standard InChI is InChI=1S/C7H16O2/c1-4-7(2,3)5-9-6-8/h8H,4-6H2,1-3H3. The fourth-order valence-corrected chi connectivity index (χ4v) is 0.424. The third kappa shape index (κ3) is 4.43. The van der Waals surface area contributed by atoms with Crippen LogP contribution < -0.4 is 0 Å². The van der Waals surface area contributed by atoms with Gasteiger partial charge in [-0.2, -0.15) is 0 Å². The molecule has 0 spiro atoms. The van der Waals surface area contributed by atoms with Gasteiger partial charge in [0, 0.05) is 0 Å². The van der Waals surface area contributed by atoms with Crippen molar-refractivity contribution in [3.63, 3.8) is 0 Å². The maximum Gasteiger partial charge on any atom is 0.143 e. The van der Waals surface area contributed by atoms with Crippen molar-refractivity contribution >= 4 is 0 Å². The molecule has 56 valence electrons. The zero-order chi connectivity index (χ0) is 7.33. The quantitative estimate of drug-likeness (QED) is 0.586. The molecule has 2 nitrogen and oxygen atoms in total. The van der Waals surface area contributed by atoms with Gasteiger partial charge in [-0.25, -0.2) is 0 Å². The van der Waals surface area contributed by atoms with Gasteiger partial charge in [0.1, 0.15) is 6.79 Å². The van der Waals surface area contributed by atoms with E-state index in [1.807, 2.05) is 0 Å². The van der Waals surface area contributed by atoms with Crippen molar-refractivity contribution in [2.45, 2.75) is 27.2 Å². The summed E-state index contributed by atoms with van der Waals surface area (Å²) in [5.41, 5.74) is 0.211. The van der Waals surface area contributed by atoms with Gasteiger partial charge in [-0.15, -0.1) is 0 Å². The van der Waals surface area contributed by atoms with Crippen LogP contribution in [-0.4, -0.2) is 18.5 Å². The van der Waals surface area contributed by atoms with Crippen molar-refractivity contribution in [3.05, 3.63) is 0 Å². The molecule has 0 atom stereocenters. The summed E-state index contributed by atoms with van der Waals surface area (Å²) in [6.45, 7) is 6.81. The molecule has 0 aromatic rings. The van der Waals surface area contributed by atoms with E-state index in [0.29, 0.717) is 6.61 Å². The largest absolute Gasteiger partial charge is 0.371 e. The van der Waals surface area contributed by atoms with Gasteiger partial charge in [-0.3, -0.25) is 0 Å². The predicted molar refractivity (Wildman–Crippen MR) is 37.1 cm³/mol. The molecule has 0 rings (SSSR count). The van der Waals surface area contributed by atoms with Crippen LogP contribution in [0.2, 0.25) is 0 Å². The van der Waals surface area contributed by atoms with Crippen LogP contribution in [0, 0.1) is 5.41 Å². The van der Waals surface area contributed by atoms with Crippen LogP contribution in [-0.2, 0) is 4.74 Å². The Labute approximate surface area is 56.8 Å². The molecule has 0 amide bonds. The summed E-state index contributed by atoms with van der Waals surface area (Å²) in [4.78, 5) is 0. The lowest BCUT2D eigenvalue weighted by molar-refractivity contribution is -0.0363. The average molecular weight is 132 g/mol. The van der Waals surface area contributed by atoms with Crippen molar-refractivity contribution in [2.24, 2.45) is 5.41 Å². The molecule has 0 aromatic heterocycles. The van der Waals surface area contributed by atoms with Gasteiger partial charge >= 0.3 is 0 Å². The molecule has 0 aromatic carbocycles. The Morgan fingerprint density at radius 3 is 2.33 bits per heavy atom. The van der Waals surface area contributed by atoms with E-state index >= 15 is 0 Å². The van der Waals surface area contributed by atoms with Gasteiger partial charge in [0.25, 0.3) is 0 Å². The van der Waals surface area contributed by atoms with Gasteiger partial charge in [0.15, 0.2) is 0 Å². The molecule has 0 radical (unpaired) electrons. The number of hydrogen-bond acceptors (Lipinski definition) is 2. The Morgan fingerprint density at radius 2 is 2.00 bits per heavy atom. The Kier molecular flexibility index (Phi) is 3.82. The van der Waals surface area contributed by atoms with Gasteiger partial charge in [0.2, 0.25) is 0 Å². The smallest absolute Gasteiger partial charge is 0.143 e. The third-order valence-electron chi connectivity index (χ3n) is 1.54. The van der Waals surface area contributed by atoms with Crippen molar-refractivity contribution in [3.8, 4) is 0 Å². The number of rotatable bonds is 4. The van der Waals surface area contributed by atoms with E-state index in [4.69, 9.17) is 9.84 Å². The second-order valence-corrected chi connectivity index (χ2v) is 3.00. The SMILES string of the molecule is CCC(C)(C)COCO. The second kappa shape index (κ2) is 3.85. The molecule has 2 heteroatoms. The molecule has 0 bridgehead atoms. The molecule has 1 N–H and O–H groups in total. The van der Waals surface area contributed by atoms with E-state index in [0.717, 1.165) is 6.42 Å². The summed E-state index contributed by atoms with van der Waals surface area (Å²) in [7, 11) is 0. The molecular formula is C7H16O2.